The largest absolute Gasteiger partial charge is 0.448 e. The lowest BCUT2D eigenvalue weighted by Crippen LogP contribution is -2.14. The molecule has 0 radical (unpaired) electrons. The first-order valence-corrected chi connectivity index (χ1v) is 14.8. The number of pyridine rings is 1. The second-order valence-electron chi connectivity index (χ2n) is 9.59. The van der Waals surface area contributed by atoms with Gasteiger partial charge in [0.1, 0.15) is 12.4 Å². The van der Waals surface area contributed by atoms with Gasteiger partial charge < -0.3 is 9.30 Å². The van der Waals surface area contributed by atoms with Gasteiger partial charge in [-0.05, 0) is 66.7 Å². The van der Waals surface area contributed by atoms with E-state index in [1.807, 2.05) is 68.5 Å². The van der Waals surface area contributed by atoms with Gasteiger partial charge in [0.25, 0.3) is 0 Å². The second kappa shape index (κ2) is 16.5. The Bertz CT molecular complexity index is 1580. The van der Waals surface area contributed by atoms with Crippen LogP contribution in [0.4, 0.5) is 14.9 Å². The third kappa shape index (κ3) is 9.01. The van der Waals surface area contributed by atoms with Gasteiger partial charge in [-0.25, -0.2) is 14.2 Å². The van der Waals surface area contributed by atoms with E-state index in [4.69, 9.17) is 9.72 Å². The molecule has 1 amide bonds. The molecule has 2 aromatic heterocycles. The van der Waals surface area contributed by atoms with Crippen molar-refractivity contribution in [2.45, 2.75) is 52.5 Å². The predicted molar refractivity (Wildman–Crippen MR) is 171 cm³/mol. The number of anilines is 1. The molecule has 0 saturated heterocycles. The Morgan fingerprint density at radius 2 is 1.70 bits per heavy atom. The summed E-state index contributed by atoms with van der Waals surface area (Å²) >= 11 is 0. The lowest BCUT2D eigenvalue weighted by atomic mass is 9.98. The number of imidazole rings is 1. The van der Waals surface area contributed by atoms with Crippen LogP contribution < -0.4 is 5.32 Å². The molecular formula is C36H37FN4O2. The highest BCUT2D eigenvalue weighted by Gasteiger charge is 2.22. The molecule has 7 heteroatoms. The van der Waals surface area contributed by atoms with Crippen LogP contribution in [0, 0.1) is 11.8 Å². The number of para-hydroxylation sites is 1. The van der Waals surface area contributed by atoms with Crippen molar-refractivity contribution < 1.29 is 13.9 Å². The number of hydrogen-bond acceptors (Lipinski definition) is 4. The molecule has 6 nitrogen and oxygen atoms in total. The van der Waals surface area contributed by atoms with E-state index in [0.717, 1.165) is 35.4 Å². The Morgan fingerprint density at radius 1 is 0.977 bits per heavy atom. The number of carbonyl (C=O) groups is 1. The molecule has 4 aromatic rings. The molecule has 0 spiro atoms. The second-order valence-corrected chi connectivity index (χ2v) is 9.59. The molecule has 2 heterocycles. The predicted octanol–water partition coefficient (Wildman–Crippen LogP) is 8.63. The summed E-state index contributed by atoms with van der Waals surface area (Å²) in [5, 5.41) is 2.70. The van der Waals surface area contributed by atoms with E-state index in [9.17, 15) is 9.18 Å². The fourth-order valence-corrected chi connectivity index (χ4v) is 4.70. The number of amides is 1. The first-order chi connectivity index (χ1) is 21.2. The Hall–Kier alpha value is -4.96. The quantitative estimate of drug-likeness (QED) is 0.160. The number of aryl methyl sites for hydroxylation is 1. The van der Waals surface area contributed by atoms with Gasteiger partial charge in [-0.1, -0.05) is 74.4 Å². The van der Waals surface area contributed by atoms with Crippen LogP contribution in [-0.2, 0) is 17.7 Å². The number of hydrogen-bond donors (Lipinski definition) is 1. The summed E-state index contributed by atoms with van der Waals surface area (Å²) in [5.41, 5.74) is 5.65. The van der Waals surface area contributed by atoms with Crippen molar-refractivity contribution in [2.75, 3.05) is 11.9 Å². The van der Waals surface area contributed by atoms with Crippen LogP contribution in [0.15, 0.2) is 103 Å². The molecule has 0 fully saturated rings. The average Bonchev–Trinajstić information content (AvgIpc) is 3.41. The van der Waals surface area contributed by atoms with Crippen molar-refractivity contribution >= 4 is 17.4 Å². The number of aromatic nitrogens is 3. The van der Waals surface area contributed by atoms with Crippen molar-refractivity contribution in [1.82, 2.24) is 14.5 Å². The summed E-state index contributed by atoms with van der Waals surface area (Å²) in [6, 6.07) is 23.5. The number of nitrogens with one attached hydrogen (secondary N) is 1. The van der Waals surface area contributed by atoms with Gasteiger partial charge in [0, 0.05) is 43.0 Å². The lowest BCUT2D eigenvalue weighted by Gasteiger charge is -2.14. The Labute approximate surface area is 253 Å². The fourth-order valence-electron chi connectivity index (χ4n) is 4.70. The number of rotatable bonds is 9. The highest BCUT2D eigenvalue weighted by Crippen LogP contribution is 2.35. The van der Waals surface area contributed by atoms with E-state index < -0.39 is 6.09 Å². The van der Waals surface area contributed by atoms with E-state index >= 15 is 0 Å². The zero-order valence-corrected chi connectivity index (χ0v) is 24.7. The van der Waals surface area contributed by atoms with Crippen LogP contribution in [0.5, 0.6) is 0 Å². The molecular weight excluding hydrogens is 539 g/mol. The number of halogens is 1. The minimum absolute atomic E-state index is 0.127. The molecule has 1 aliphatic rings. The molecule has 220 valence electrons. The molecule has 43 heavy (non-hydrogen) atoms. The van der Waals surface area contributed by atoms with Crippen molar-refractivity contribution in [3.05, 3.63) is 120 Å². The van der Waals surface area contributed by atoms with Crippen molar-refractivity contribution in [2.24, 2.45) is 0 Å². The van der Waals surface area contributed by atoms with Gasteiger partial charge in [0.15, 0.2) is 5.82 Å². The monoisotopic (exact) mass is 576 g/mol. The maximum Gasteiger partial charge on any atom is 0.411 e. The number of nitrogens with zero attached hydrogens (tertiary/aromatic N) is 3. The van der Waals surface area contributed by atoms with Crippen LogP contribution in [0.25, 0.3) is 16.8 Å². The summed E-state index contributed by atoms with van der Waals surface area (Å²) in [6.45, 7) is 4.86. The third-order valence-electron chi connectivity index (χ3n) is 6.69. The number of allylic oxidation sites excluding steroid dienone is 4. The standard InChI is InChI=1S/C34H31FN4O2.C2H6/c35-29-18-16-27(17-19-29)32-33(28-20-22-36-23-21-28)39(24-9-12-26-10-3-1-4-11-26)31(38-32)15-7-8-25-41-34(40)37-30-13-5-2-6-14-30;1-2/h1-6,10-11,13-14,16,18,20-23H,8-9,12,17,19,24-25H2,(H,37,40);1-2H3. The van der Waals surface area contributed by atoms with Gasteiger partial charge in [-0.3, -0.25) is 10.3 Å². The van der Waals surface area contributed by atoms with Gasteiger partial charge in [-0.2, -0.15) is 0 Å². The molecule has 0 saturated carbocycles. The SMILES string of the molecule is CC.O=C(Nc1ccccc1)OCCC#Cc1nc(C2=CC=C(F)CC2)c(-c2ccncc2)n1CCCc1ccccc1. The maximum absolute atomic E-state index is 13.8. The minimum Gasteiger partial charge on any atom is -0.448 e. The first kappa shape index (κ1) is 31.0. The Morgan fingerprint density at radius 3 is 2.40 bits per heavy atom. The van der Waals surface area contributed by atoms with Gasteiger partial charge in [0.05, 0.1) is 11.4 Å². The first-order valence-electron chi connectivity index (χ1n) is 14.8. The molecule has 0 aliphatic heterocycles. The highest BCUT2D eigenvalue weighted by atomic mass is 19.1. The summed E-state index contributed by atoms with van der Waals surface area (Å²) in [6.07, 6.45) is 9.42. The van der Waals surface area contributed by atoms with E-state index in [-0.39, 0.29) is 12.4 Å². The summed E-state index contributed by atoms with van der Waals surface area (Å²) in [4.78, 5) is 21.3. The third-order valence-corrected chi connectivity index (χ3v) is 6.69. The van der Waals surface area contributed by atoms with Crippen LogP contribution in [0.1, 0.15) is 56.6 Å². The normalized spacial score (nSPS) is 12.1. The van der Waals surface area contributed by atoms with E-state index in [1.165, 1.54) is 11.6 Å². The molecule has 2 aromatic carbocycles. The number of carbonyl (C=O) groups excluding carboxylic acids is 1. The Kier molecular flexibility index (Phi) is 11.9. The number of benzene rings is 2. The zero-order valence-electron chi connectivity index (χ0n) is 24.7. The van der Waals surface area contributed by atoms with Crippen LogP contribution >= 0.6 is 0 Å². The maximum atomic E-state index is 13.8. The van der Waals surface area contributed by atoms with Crippen LogP contribution in [0.2, 0.25) is 0 Å². The van der Waals surface area contributed by atoms with Gasteiger partial charge in [0.2, 0.25) is 0 Å². The van der Waals surface area contributed by atoms with E-state index in [2.05, 4.69) is 38.8 Å². The fraction of sp³-hybridized carbons (Fsp3) is 0.250. The smallest absolute Gasteiger partial charge is 0.411 e. The summed E-state index contributed by atoms with van der Waals surface area (Å²) in [5.74, 6) is 6.85. The van der Waals surface area contributed by atoms with Crippen LogP contribution in [0.3, 0.4) is 0 Å². The number of ether oxygens (including phenoxy) is 1. The topological polar surface area (TPSA) is 69.0 Å². The van der Waals surface area contributed by atoms with Gasteiger partial charge in [-0.15, -0.1) is 0 Å². The summed E-state index contributed by atoms with van der Waals surface area (Å²) < 4.78 is 21.3. The molecule has 0 bridgehead atoms. The molecule has 5 rings (SSSR count). The van der Waals surface area contributed by atoms with Gasteiger partial charge >= 0.3 is 6.09 Å². The lowest BCUT2D eigenvalue weighted by molar-refractivity contribution is 0.164. The minimum atomic E-state index is -0.521. The van der Waals surface area contributed by atoms with Crippen LogP contribution in [-0.4, -0.2) is 27.2 Å². The summed E-state index contributed by atoms with van der Waals surface area (Å²) in [7, 11) is 0. The molecule has 0 atom stereocenters. The van der Waals surface area contributed by atoms with E-state index in [0.29, 0.717) is 37.3 Å². The van der Waals surface area contributed by atoms with Crippen molar-refractivity contribution in [3.8, 4) is 23.1 Å². The zero-order chi connectivity index (χ0) is 30.3. The highest BCUT2D eigenvalue weighted by molar-refractivity contribution is 5.84. The Balaban J connectivity index is 0.00000207. The molecule has 1 aliphatic carbocycles. The molecule has 0 unspecified atom stereocenters. The van der Waals surface area contributed by atoms with Crippen molar-refractivity contribution in [1.29, 1.82) is 0 Å². The van der Waals surface area contributed by atoms with Crippen molar-refractivity contribution in [3.63, 3.8) is 0 Å². The average molecular weight is 577 g/mol. The van der Waals surface area contributed by atoms with E-state index in [1.54, 1.807) is 24.5 Å². The molecule has 1 N–H and O–H groups in total.